The lowest BCUT2D eigenvalue weighted by Crippen LogP contribution is -2.02. The normalized spacial score (nSPS) is 12.2. The quantitative estimate of drug-likeness (QED) is 0.844. The molecule has 4 heteroatoms. The van der Waals surface area contributed by atoms with Crippen LogP contribution in [0.3, 0.4) is 0 Å². The predicted molar refractivity (Wildman–Crippen MR) is 75.5 cm³/mol. The Kier molecular flexibility index (Phi) is 3.82. The van der Waals surface area contributed by atoms with Crippen LogP contribution in [-0.4, -0.2) is 9.97 Å². The van der Waals surface area contributed by atoms with E-state index in [4.69, 9.17) is 11.6 Å². The number of alkyl halides is 1. The monoisotopic (exact) mass is 261 g/mol. The molecule has 0 spiro atoms. The van der Waals surface area contributed by atoms with Crippen molar-refractivity contribution in [3.05, 3.63) is 47.3 Å². The molecule has 0 radical (unpaired) electrons. The van der Waals surface area contributed by atoms with Gasteiger partial charge in [-0.2, -0.15) is 0 Å². The van der Waals surface area contributed by atoms with Crippen molar-refractivity contribution in [2.24, 2.45) is 0 Å². The molecule has 1 aromatic carbocycles. The molecular formula is C14H16ClN3. The van der Waals surface area contributed by atoms with Crippen molar-refractivity contribution in [2.45, 2.75) is 26.1 Å². The summed E-state index contributed by atoms with van der Waals surface area (Å²) in [7, 11) is 0. The van der Waals surface area contributed by atoms with Gasteiger partial charge < -0.3 is 5.32 Å². The van der Waals surface area contributed by atoms with Gasteiger partial charge in [0.1, 0.15) is 0 Å². The summed E-state index contributed by atoms with van der Waals surface area (Å²) in [4.78, 5) is 8.73. The Bertz CT molecular complexity index is 532. The number of halogens is 1. The van der Waals surface area contributed by atoms with E-state index in [1.807, 2.05) is 51.1 Å². The van der Waals surface area contributed by atoms with Crippen LogP contribution in [0.15, 0.2) is 30.3 Å². The SMILES string of the molecule is Cc1cc(C)nc(Nc2ccccc2C(C)Cl)n1. The molecule has 1 N–H and O–H groups in total. The first-order chi connectivity index (χ1) is 8.56. The van der Waals surface area contributed by atoms with Crippen LogP contribution in [0.2, 0.25) is 0 Å². The minimum absolute atomic E-state index is 0.0559. The summed E-state index contributed by atoms with van der Waals surface area (Å²) in [5.41, 5.74) is 3.88. The molecule has 2 aromatic rings. The molecule has 0 fully saturated rings. The summed E-state index contributed by atoms with van der Waals surface area (Å²) in [6.07, 6.45) is 0. The molecule has 3 nitrogen and oxygen atoms in total. The van der Waals surface area contributed by atoms with E-state index in [-0.39, 0.29) is 5.38 Å². The van der Waals surface area contributed by atoms with Crippen LogP contribution in [0.25, 0.3) is 0 Å². The smallest absolute Gasteiger partial charge is 0.227 e. The van der Waals surface area contributed by atoms with E-state index in [2.05, 4.69) is 15.3 Å². The number of hydrogen-bond acceptors (Lipinski definition) is 3. The highest BCUT2D eigenvalue weighted by Gasteiger charge is 2.08. The van der Waals surface area contributed by atoms with Gasteiger partial charge in [-0.1, -0.05) is 18.2 Å². The van der Waals surface area contributed by atoms with Crippen LogP contribution < -0.4 is 5.32 Å². The van der Waals surface area contributed by atoms with Gasteiger partial charge in [0.2, 0.25) is 5.95 Å². The molecule has 0 aliphatic rings. The number of aromatic nitrogens is 2. The van der Waals surface area contributed by atoms with Crippen LogP contribution in [0.1, 0.15) is 29.3 Å². The standard InChI is InChI=1S/C14H16ClN3/c1-9-8-10(2)17-14(16-9)18-13-7-5-4-6-12(13)11(3)15/h4-8,11H,1-3H3,(H,16,17,18). The van der Waals surface area contributed by atoms with Gasteiger partial charge in [0.25, 0.3) is 0 Å². The molecule has 1 heterocycles. The van der Waals surface area contributed by atoms with Crippen molar-refractivity contribution >= 4 is 23.2 Å². The molecule has 1 unspecified atom stereocenters. The zero-order valence-electron chi connectivity index (χ0n) is 10.7. The van der Waals surface area contributed by atoms with Crippen LogP contribution >= 0.6 is 11.6 Å². The molecule has 0 saturated carbocycles. The van der Waals surface area contributed by atoms with Gasteiger partial charge in [-0.3, -0.25) is 0 Å². The number of nitrogens with one attached hydrogen (secondary N) is 1. The maximum Gasteiger partial charge on any atom is 0.227 e. The summed E-state index contributed by atoms with van der Waals surface area (Å²) in [6, 6.07) is 9.87. The fourth-order valence-corrected chi connectivity index (χ4v) is 2.05. The predicted octanol–water partition coefficient (Wildman–Crippen LogP) is 4.14. The minimum atomic E-state index is -0.0559. The Morgan fingerprint density at radius 1 is 1.11 bits per heavy atom. The lowest BCUT2D eigenvalue weighted by Gasteiger charge is -2.12. The van der Waals surface area contributed by atoms with Crippen molar-refractivity contribution in [3.63, 3.8) is 0 Å². The van der Waals surface area contributed by atoms with E-state index in [1.165, 1.54) is 0 Å². The van der Waals surface area contributed by atoms with Crippen LogP contribution in [-0.2, 0) is 0 Å². The second-order valence-corrected chi connectivity index (χ2v) is 4.96. The Balaban J connectivity index is 2.34. The number of benzene rings is 1. The average Bonchev–Trinajstić information content (AvgIpc) is 2.27. The molecule has 94 valence electrons. The van der Waals surface area contributed by atoms with Crippen molar-refractivity contribution < 1.29 is 0 Å². The number of para-hydroxylation sites is 1. The number of hydrogen-bond donors (Lipinski definition) is 1. The molecule has 1 aromatic heterocycles. The van der Waals surface area contributed by atoms with E-state index in [0.29, 0.717) is 5.95 Å². The zero-order valence-corrected chi connectivity index (χ0v) is 11.5. The van der Waals surface area contributed by atoms with Crippen LogP contribution in [0.4, 0.5) is 11.6 Å². The number of anilines is 2. The summed E-state index contributed by atoms with van der Waals surface area (Å²) in [5.74, 6) is 0.609. The van der Waals surface area contributed by atoms with Crippen molar-refractivity contribution in [3.8, 4) is 0 Å². The third kappa shape index (κ3) is 2.99. The van der Waals surface area contributed by atoms with Gasteiger partial charge in [-0.05, 0) is 38.5 Å². The molecule has 18 heavy (non-hydrogen) atoms. The first-order valence-corrected chi connectivity index (χ1v) is 6.32. The van der Waals surface area contributed by atoms with Crippen LogP contribution in [0.5, 0.6) is 0 Å². The van der Waals surface area contributed by atoms with E-state index >= 15 is 0 Å². The van der Waals surface area contributed by atoms with Crippen LogP contribution in [0, 0.1) is 13.8 Å². The van der Waals surface area contributed by atoms with Gasteiger partial charge in [0.15, 0.2) is 0 Å². The first-order valence-electron chi connectivity index (χ1n) is 5.88. The van der Waals surface area contributed by atoms with Gasteiger partial charge in [0.05, 0.1) is 5.38 Å². The number of rotatable bonds is 3. The molecular weight excluding hydrogens is 246 g/mol. The summed E-state index contributed by atoms with van der Waals surface area (Å²) in [6.45, 7) is 5.86. The fraction of sp³-hybridized carbons (Fsp3) is 0.286. The zero-order chi connectivity index (χ0) is 13.1. The Morgan fingerprint density at radius 3 is 2.33 bits per heavy atom. The molecule has 0 aliphatic heterocycles. The summed E-state index contributed by atoms with van der Waals surface area (Å²) < 4.78 is 0. The largest absolute Gasteiger partial charge is 0.324 e. The maximum atomic E-state index is 6.16. The Morgan fingerprint density at radius 2 is 1.72 bits per heavy atom. The van der Waals surface area contributed by atoms with Gasteiger partial charge in [0, 0.05) is 17.1 Å². The first kappa shape index (κ1) is 12.8. The molecule has 2 rings (SSSR count). The lowest BCUT2D eigenvalue weighted by atomic mass is 10.1. The highest BCUT2D eigenvalue weighted by molar-refractivity contribution is 6.21. The average molecular weight is 262 g/mol. The second-order valence-electron chi connectivity index (χ2n) is 4.30. The van der Waals surface area contributed by atoms with Crippen molar-refractivity contribution in [2.75, 3.05) is 5.32 Å². The van der Waals surface area contributed by atoms with E-state index in [1.54, 1.807) is 0 Å². The Hall–Kier alpha value is -1.61. The molecule has 0 aliphatic carbocycles. The lowest BCUT2D eigenvalue weighted by molar-refractivity contribution is 1.05. The van der Waals surface area contributed by atoms with E-state index in [0.717, 1.165) is 22.6 Å². The molecule has 1 atom stereocenters. The van der Waals surface area contributed by atoms with Gasteiger partial charge in [-0.25, -0.2) is 9.97 Å². The van der Waals surface area contributed by atoms with Gasteiger partial charge in [-0.15, -0.1) is 11.6 Å². The topological polar surface area (TPSA) is 37.8 Å². The number of nitrogens with zero attached hydrogens (tertiary/aromatic N) is 2. The molecule has 0 amide bonds. The van der Waals surface area contributed by atoms with Gasteiger partial charge >= 0.3 is 0 Å². The number of aryl methyl sites for hydroxylation is 2. The van der Waals surface area contributed by atoms with Crippen molar-refractivity contribution in [1.29, 1.82) is 0 Å². The summed E-state index contributed by atoms with van der Waals surface area (Å²) >= 11 is 6.16. The highest BCUT2D eigenvalue weighted by Crippen LogP contribution is 2.28. The summed E-state index contributed by atoms with van der Waals surface area (Å²) in [5, 5.41) is 3.17. The van der Waals surface area contributed by atoms with Crippen molar-refractivity contribution in [1.82, 2.24) is 9.97 Å². The molecule has 0 bridgehead atoms. The highest BCUT2D eigenvalue weighted by atomic mass is 35.5. The fourth-order valence-electron chi connectivity index (χ4n) is 1.86. The molecule has 0 saturated heterocycles. The maximum absolute atomic E-state index is 6.16. The Labute approximate surface area is 112 Å². The third-order valence-corrected chi connectivity index (χ3v) is 2.85. The third-order valence-electron chi connectivity index (χ3n) is 2.62. The second kappa shape index (κ2) is 5.36. The van der Waals surface area contributed by atoms with E-state index < -0.39 is 0 Å². The minimum Gasteiger partial charge on any atom is -0.324 e. The van der Waals surface area contributed by atoms with E-state index in [9.17, 15) is 0 Å².